The van der Waals surface area contributed by atoms with Gasteiger partial charge in [0.05, 0.1) is 13.2 Å². The summed E-state index contributed by atoms with van der Waals surface area (Å²) in [4.78, 5) is 44.5. The van der Waals surface area contributed by atoms with Crippen molar-refractivity contribution in [2.45, 2.75) is 55.2 Å². The Morgan fingerprint density at radius 3 is 2.17 bits per heavy atom. The van der Waals surface area contributed by atoms with Gasteiger partial charge < -0.3 is 49.9 Å². The Bertz CT molecular complexity index is 1120. The lowest BCUT2D eigenvalue weighted by Crippen LogP contribution is -2.58. The van der Waals surface area contributed by atoms with E-state index in [4.69, 9.17) is 14.6 Å². The fraction of sp³-hybridized carbons (Fsp3) is 0.733. The van der Waals surface area contributed by atoms with Crippen molar-refractivity contribution in [3.8, 4) is 0 Å². The number of aliphatic hydroxyl groups excluding tert-OH is 6. The molecule has 2 aliphatic heterocycles. The summed E-state index contributed by atoms with van der Waals surface area (Å²) in [5.41, 5.74) is -1.75. The normalized spacial score (nSPS) is 38.4. The van der Waals surface area contributed by atoms with Gasteiger partial charge in [0, 0.05) is 12.3 Å². The Morgan fingerprint density at radius 2 is 1.56 bits per heavy atom. The van der Waals surface area contributed by atoms with E-state index in [2.05, 4.69) is 13.4 Å². The van der Waals surface area contributed by atoms with Crippen LogP contribution in [-0.2, 0) is 32.0 Å². The fourth-order valence-corrected chi connectivity index (χ4v) is 5.51. The highest BCUT2D eigenvalue weighted by Gasteiger charge is 2.49. The number of hydrogen-bond acceptors (Lipinski definition) is 15. The molecule has 11 atom stereocenters. The zero-order valence-electron chi connectivity index (χ0n) is 17.9. The van der Waals surface area contributed by atoms with Gasteiger partial charge in [0.15, 0.2) is 12.5 Å². The molecule has 0 radical (unpaired) electrons. The van der Waals surface area contributed by atoms with Gasteiger partial charge in [-0.15, -0.1) is 0 Å². The maximum Gasteiger partial charge on any atom is 0.483 e. The molecule has 1 aromatic rings. The first-order chi connectivity index (χ1) is 16.7. The Balaban J connectivity index is 1.61. The van der Waals surface area contributed by atoms with Gasteiger partial charge >= 0.3 is 21.3 Å². The largest absolute Gasteiger partial charge is 0.483 e. The van der Waals surface area contributed by atoms with Gasteiger partial charge in [0.25, 0.3) is 5.56 Å². The summed E-state index contributed by atoms with van der Waals surface area (Å²) in [6.45, 7) is -1.93. The van der Waals surface area contributed by atoms with Gasteiger partial charge in [-0.2, -0.15) is 4.31 Å². The van der Waals surface area contributed by atoms with Crippen LogP contribution in [0.4, 0.5) is 0 Å². The Morgan fingerprint density at radius 1 is 0.917 bits per heavy atom. The molecule has 3 rings (SSSR count). The number of rotatable bonds is 9. The molecule has 2 aliphatic rings. The molecule has 19 nitrogen and oxygen atoms in total. The van der Waals surface area contributed by atoms with Gasteiger partial charge in [-0.05, 0) is 0 Å². The summed E-state index contributed by atoms with van der Waals surface area (Å²) in [6, 6.07) is 0.928. The van der Waals surface area contributed by atoms with Crippen molar-refractivity contribution in [3.05, 3.63) is 33.1 Å². The fourth-order valence-electron chi connectivity index (χ4n) is 3.35. The van der Waals surface area contributed by atoms with Crippen molar-refractivity contribution in [3.63, 3.8) is 0 Å². The van der Waals surface area contributed by atoms with E-state index in [9.17, 15) is 54.0 Å². The molecule has 9 N–H and O–H groups in total. The van der Waals surface area contributed by atoms with E-state index in [1.54, 1.807) is 0 Å². The number of phosphoric acid groups is 2. The number of nitrogens with zero attached hydrogens (tertiary/aromatic N) is 1. The van der Waals surface area contributed by atoms with Crippen LogP contribution in [0.5, 0.6) is 0 Å². The minimum absolute atomic E-state index is 0.723. The van der Waals surface area contributed by atoms with E-state index in [1.165, 1.54) is 0 Å². The standard InChI is InChI=1S/C15H24N2O17P2/c18-3-5-8(20)10(22)12(24)14(32-5)33-36(28,29)34-35(26,27)30-4-6-9(21)11(23)13(31-6)17-2-1-7(19)16-15(17)25/h1-2,5-6,8-14,18,20-24H,3-4H2,(H,26,27)(H,28,29)(H,16,19,25)/t5-,6-,8+,9-,10-,11-,12+,13-,14-/m1/s1. The van der Waals surface area contributed by atoms with Gasteiger partial charge in [-0.1, -0.05) is 0 Å². The van der Waals surface area contributed by atoms with Crippen LogP contribution in [0.3, 0.4) is 0 Å². The SMILES string of the molecule is O=c1ccn([C@@H]2O[C@H](COP(=O)(O)OP(=O)(O)O[C@H]3O[C@H](CO)[C@H](O)[C@@H](O)[C@@H]3O)[C@@H](O)[C@H]2O)c(=O)[nH]1. The van der Waals surface area contributed by atoms with E-state index in [0.717, 1.165) is 16.8 Å². The van der Waals surface area contributed by atoms with E-state index in [1.807, 2.05) is 4.98 Å². The lowest BCUT2D eigenvalue weighted by molar-refractivity contribution is -0.280. The van der Waals surface area contributed by atoms with Crippen molar-refractivity contribution >= 4 is 15.6 Å². The number of H-pyrrole nitrogens is 1. The summed E-state index contributed by atoms with van der Waals surface area (Å²) < 4.78 is 48.1. The number of nitrogens with one attached hydrogen (secondary N) is 1. The maximum absolute atomic E-state index is 12.2. The molecule has 3 heterocycles. The van der Waals surface area contributed by atoms with Crippen LogP contribution in [0.15, 0.2) is 21.9 Å². The minimum atomic E-state index is -5.59. The lowest BCUT2D eigenvalue weighted by atomic mass is 10.00. The van der Waals surface area contributed by atoms with Crippen molar-refractivity contribution in [1.82, 2.24) is 9.55 Å². The minimum Gasteiger partial charge on any atom is -0.394 e. The topological polar surface area (TPSA) is 297 Å². The van der Waals surface area contributed by atoms with Gasteiger partial charge in [0.2, 0.25) is 0 Å². The molecule has 2 unspecified atom stereocenters. The van der Waals surface area contributed by atoms with Crippen LogP contribution in [0.25, 0.3) is 0 Å². The number of aromatic nitrogens is 2. The molecule has 1 aromatic heterocycles. The molecule has 0 saturated carbocycles. The summed E-state index contributed by atoms with van der Waals surface area (Å²) in [5.74, 6) is 0. The van der Waals surface area contributed by atoms with Gasteiger partial charge in [-0.25, -0.2) is 13.9 Å². The van der Waals surface area contributed by atoms with Crippen molar-refractivity contribution in [2.24, 2.45) is 0 Å². The summed E-state index contributed by atoms with van der Waals surface area (Å²) >= 11 is 0. The quantitative estimate of drug-likeness (QED) is 0.127. The van der Waals surface area contributed by atoms with E-state index in [0.29, 0.717) is 0 Å². The lowest BCUT2D eigenvalue weighted by Gasteiger charge is -2.39. The third kappa shape index (κ3) is 6.54. The molecular weight excluding hydrogens is 542 g/mol. The number of phosphoric ester groups is 2. The van der Waals surface area contributed by atoms with Crippen LogP contribution in [0, 0.1) is 0 Å². The number of aliphatic hydroxyl groups is 6. The Labute approximate surface area is 199 Å². The second-order valence-corrected chi connectivity index (χ2v) is 10.7. The molecule has 206 valence electrons. The predicted octanol–water partition coefficient (Wildman–Crippen LogP) is -4.79. The first-order valence-electron chi connectivity index (χ1n) is 9.99. The van der Waals surface area contributed by atoms with E-state index >= 15 is 0 Å². The van der Waals surface area contributed by atoms with Crippen LogP contribution in [0.2, 0.25) is 0 Å². The zero-order valence-corrected chi connectivity index (χ0v) is 19.6. The molecule has 21 heteroatoms. The number of ether oxygens (including phenoxy) is 2. The molecule has 0 aromatic carbocycles. The number of hydrogen-bond donors (Lipinski definition) is 9. The third-order valence-corrected chi connectivity index (χ3v) is 7.76. The molecular formula is C15H24N2O17P2. The molecule has 2 fully saturated rings. The highest BCUT2D eigenvalue weighted by atomic mass is 31.3. The van der Waals surface area contributed by atoms with Crippen LogP contribution in [0.1, 0.15) is 6.23 Å². The second kappa shape index (κ2) is 11.2. The summed E-state index contributed by atoms with van der Waals surface area (Å²) in [5, 5.41) is 58.6. The van der Waals surface area contributed by atoms with Crippen molar-refractivity contribution in [1.29, 1.82) is 0 Å². The smallest absolute Gasteiger partial charge is 0.394 e. The summed E-state index contributed by atoms with van der Waals surface area (Å²) in [7, 11) is -11.1. The van der Waals surface area contributed by atoms with Gasteiger partial charge in [0.1, 0.15) is 42.7 Å². The Hall–Kier alpha value is -1.38. The third-order valence-electron chi connectivity index (χ3n) is 5.16. The van der Waals surface area contributed by atoms with Crippen LogP contribution < -0.4 is 11.2 Å². The molecule has 36 heavy (non-hydrogen) atoms. The highest BCUT2D eigenvalue weighted by molar-refractivity contribution is 7.61. The zero-order chi connectivity index (χ0) is 27.0. The predicted molar refractivity (Wildman–Crippen MR) is 109 cm³/mol. The molecule has 0 spiro atoms. The van der Waals surface area contributed by atoms with Crippen molar-refractivity contribution < 1.29 is 72.4 Å². The van der Waals surface area contributed by atoms with Crippen LogP contribution >= 0.6 is 15.6 Å². The average molecular weight is 566 g/mol. The monoisotopic (exact) mass is 566 g/mol. The summed E-state index contributed by atoms with van der Waals surface area (Å²) in [6.07, 6.45) is -15.4. The second-order valence-electron chi connectivity index (χ2n) is 7.68. The Kier molecular flexibility index (Phi) is 9.05. The molecule has 0 bridgehead atoms. The van der Waals surface area contributed by atoms with Gasteiger partial charge in [-0.3, -0.25) is 23.4 Å². The van der Waals surface area contributed by atoms with Crippen molar-refractivity contribution in [2.75, 3.05) is 13.2 Å². The first kappa shape index (κ1) is 29.2. The maximum atomic E-state index is 12.2. The van der Waals surface area contributed by atoms with E-state index < -0.39 is 95.4 Å². The van der Waals surface area contributed by atoms with Crippen LogP contribution in [-0.4, -0.2) is 112 Å². The average Bonchev–Trinajstić information content (AvgIpc) is 3.06. The first-order valence-corrected chi connectivity index (χ1v) is 13.0. The number of aromatic amines is 1. The molecule has 2 saturated heterocycles. The highest BCUT2D eigenvalue weighted by Crippen LogP contribution is 2.61. The molecule has 0 aliphatic carbocycles. The molecule has 0 amide bonds. The van der Waals surface area contributed by atoms with E-state index in [-0.39, 0.29) is 0 Å².